The number of nitrogens with zero attached hydrogens (tertiary/aromatic N) is 5. The lowest BCUT2D eigenvalue weighted by atomic mass is 10.1. The maximum Gasteiger partial charge on any atom is 0.280 e. The summed E-state index contributed by atoms with van der Waals surface area (Å²) in [5.41, 5.74) is 6.53. The highest BCUT2D eigenvalue weighted by molar-refractivity contribution is 5.74. The third-order valence-electron chi connectivity index (χ3n) is 4.61. The van der Waals surface area contributed by atoms with E-state index >= 15 is 0 Å². The summed E-state index contributed by atoms with van der Waals surface area (Å²) in [6, 6.07) is 7.22. The second-order valence-electron chi connectivity index (χ2n) is 6.67. The number of ether oxygens (including phenoxy) is 1. The van der Waals surface area contributed by atoms with Crippen molar-refractivity contribution in [3.05, 3.63) is 40.2 Å². The Morgan fingerprint density at radius 3 is 2.59 bits per heavy atom. The van der Waals surface area contributed by atoms with Gasteiger partial charge in [-0.25, -0.2) is 4.98 Å². The molecule has 1 aliphatic rings. The highest BCUT2D eigenvalue weighted by Gasteiger charge is 2.45. The van der Waals surface area contributed by atoms with E-state index in [0.717, 1.165) is 5.56 Å². The number of aliphatic hydroxyl groups is 3. The van der Waals surface area contributed by atoms with Crippen LogP contribution in [0.2, 0.25) is 0 Å². The fourth-order valence-corrected chi connectivity index (χ4v) is 3.10. The van der Waals surface area contributed by atoms with E-state index in [9.17, 15) is 20.1 Å². The minimum Gasteiger partial charge on any atom is -0.394 e. The number of hydrogen-bond acceptors (Lipinski definition) is 10. The molecular weight excluding hydrogens is 382 g/mol. The maximum atomic E-state index is 12.2. The standard InChI is InChI=1S/C17H19N7O5/c1-7-2-4-8(5-3-7)22-23-17-19-10-13(20-16(18)21-14(10)28)24(17)15-12(27)11(26)9(6-25)29-15/h2-5,9,11-12,15,25-27H,6H2,1H3,(H3,18,20,21,28)/t9-,11?,12?,15-/m1/s1. The molecule has 1 aliphatic heterocycles. The summed E-state index contributed by atoms with van der Waals surface area (Å²) >= 11 is 0. The number of fused-ring (bicyclic) bond motifs is 1. The van der Waals surface area contributed by atoms with E-state index in [0.29, 0.717) is 5.69 Å². The Kier molecular flexibility index (Phi) is 4.84. The van der Waals surface area contributed by atoms with Crippen LogP contribution in [0, 0.1) is 6.92 Å². The Labute approximate surface area is 163 Å². The Balaban J connectivity index is 1.85. The van der Waals surface area contributed by atoms with Gasteiger partial charge in [0.1, 0.15) is 18.3 Å². The first kappa shape index (κ1) is 19.1. The third kappa shape index (κ3) is 3.38. The molecule has 0 amide bonds. The average Bonchev–Trinajstić information content (AvgIpc) is 3.19. The number of aromatic nitrogens is 4. The third-order valence-corrected chi connectivity index (χ3v) is 4.61. The van der Waals surface area contributed by atoms with Gasteiger partial charge in [0.25, 0.3) is 11.5 Å². The van der Waals surface area contributed by atoms with E-state index in [1.54, 1.807) is 12.1 Å². The molecule has 0 saturated carbocycles. The lowest BCUT2D eigenvalue weighted by Gasteiger charge is -2.17. The minimum absolute atomic E-state index is 0.000976. The number of nitrogens with one attached hydrogen (secondary N) is 1. The van der Waals surface area contributed by atoms with Crippen LogP contribution in [0.5, 0.6) is 0 Å². The Morgan fingerprint density at radius 2 is 1.93 bits per heavy atom. The van der Waals surface area contributed by atoms with Crippen molar-refractivity contribution in [2.24, 2.45) is 10.2 Å². The molecule has 1 fully saturated rings. The van der Waals surface area contributed by atoms with Gasteiger partial charge in [-0.15, -0.1) is 10.2 Å². The lowest BCUT2D eigenvalue weighted by Crippen LogP contribution is -2.33. The zero-order valence-corrected chi connectivity index (χ0v) is 15.3. The van der Waals surface area contributed by atoms with Crippen molar-refractivity contribution in [1.82, 2.24) is 19.5 Å². The van der Waals surface area contributed by atoms with Gasteiger partial charge in [-0.3, -0.25) is 14.3 Å². The van der Waals surface area contributed by atoms with Crippen LogP contribution in [-0.4, -0.2) is 59.8 Å². The largest absolute Gasteiger partial charge is 0.394 e. The van der Waals surface area contributed by atoms with Crippen LogP contribution in [0.4, 0.5) is 17.6 Å². The Bertz CT molecular complexity index is 1120. The van der Waals surface area contributed by atoms with Crippen molar-refractivity contribution in [2.75, 3.05) is 12.3 Å². The molecule has 152 valence electrons. The quantitative estimate of drug-likeness (QED) is 0.379. The van der Waals surface area contributed by atoms with Gasteiger partial charge in [0.15, 0.2) is 17.4 Å². The smallest absolute Gasteiger partial charge is 0.280 e. The fraction of sp³-hybridized carbons (Fsp3) is 0.353. The van der Waals surface area contributed by atoms with Gasteiger partial charge in [0, 0.05) is 0 Å². The van der Waals surface area contributed by atoms with E-state index in [-0.39, 0.29) is 23.1 Å². The summed E-state index contributed by atoms with van der Waals surface area (Å²) in [6.07, 6.45) is -5.04. The molecule has 3 heterocycles. The molecular formula is C17H19N7O5. The number of hydrogen-bond donors (Lipinski definition) is 5. The molecule has 0 radical (unpaired) electrons. The number of imidazole rings is 1. The van der Waals surface area contributed by atoms with Gasteiger partial charge in [-0.1, -0.05) is 17.7 Å². The number of azo groups is 1. The fourth-order valence-electron chi connectivity index (χ4n) is 3.10. The topological polar surface area (TPSA) is 184 Å². The van der Waals surface area contributed by atoms with Crippen LogP contribution in [0.3, 0.4) is 0 Å². The first-order chi connectivity index (χ1) is 13.9. The minimum atomic E-state index is -1.43. The Hall–Kier alpha value is -3.19. The second-order valence-corrected chi connectivity index (χ2v) is 6.67. The van der Waals surface area contributed by atoms with Crippen molar-refractivity contribution < 1.29 is 20.1 Å². The molecule has 29 heavy (non-hydrogen) atoms. The molecule has 2 aromatic heterocycles. The summed E-state index contributed by atoms with van der Waals surface area (Å²) in [5, 5.41) is 38.1. The predicted octanol–water partition coefficient (Wildman–Crippen LogP) is 0.0371. The first-order valence-corrected chi connectivity index (χ1v) is 8.77. The molecule has 1 saturated heterocycles. The van der Waals surface area contributed by atoms with E-state index in [1.807, 2.05) is 19.1 Å². The van der Waals surface area contributed by atoms with Gasteiger partial charge < -0.3 is 25.8 Å². The maximum absolute atomic E-state index is 12.2. The molecule has 1 aromatic carbocycles. The number of nitrogens with two attached hydrogens (primary N) is 1. The van der Waals surface area contributed by atoms with Crippen LogP contribution in [0.25, 0.3) is 11.2 Å². The second kappa shape index (κ2) is 7.33. The van der Waals surface area contributed by atoms with Gasteiger partial charge in [-0.05, 0) is 19.1 Å². The summed E-state index contributed by atoms with van der Waals surface area (Å²) in [5.74, 6) is -0.253. The molecule has 0 spiro atoms. The number of aromatic amines is 1. The molecule has 0 bridgehead atoms. The molecule has 6 N–H and O–H groups in total. The number of aryl methyl sites for hydroxylation is 1. The van der Waals surface area contributed by atoms with Crippen molar-refractivity contribution in [1.29, 1.82) is 0 Å². The van der Waals surface area contributed by atoms with Crippen LogP contribution in [-0.2, 0) is 4.74 Å². The predicted molar refractivity (Wildman–Crippen MR) is 101 cm³/mol. The number of benzene rings is 1. The lowest BCUT2D eigenvalue weighted by molar-refractivity contribution is -0.0503. The SMILES string of the molecule is Cc1ccc(N=Nc2nc3c(=O)[nH]c(N)nc3n2[C@@H]2O[C@H](CO)C(O)C2O)cc1. The molecule has 3 aromatic rings. The summed E-state index contributed by atoms with van der Waals surface area (Å²) in [7, 11) is 0. The van der Waals surface area contributed by atoms with E-state index in [1.165, 1.54) is 4.57 Å². The summed E-state index contributed by atoms with van der Waals surface area (Å²) in [4.78, 5) is 22.8. The van der Waals surface area contributed by atoms with Crippen LogP contribution in [0.15, 0.2) is 39.3 Å². The van der Waals surface area contributed by atoms with Crippen molar-refractivity contribution in [2.45, 2.75) is 31.5 Å². The van der Waals surface area contributed by atoms with Crippen LogP contribution >= 0.6 is 0 Å². The number of H-pyrrole nitrogens is 1. The van der Waals surface area contributed by atoms with Gasteiger partial charge in [0.2, 0.25) is 5.95 Å². The molecule has 4 rings (SSSR count). The van der Waals surface area contributed by atoms with E-state index < -0.39 is 36.7 Å². The highest BCUT2D eigenvalue weighted by Crippen LogP contribution is 2.35. The van der Waals surface area contributed by atoms with Gasteiger partial charge in [-0.2, -0.15) is 4.98 Å². The molecule has 0 aliphatic carbocycles. The normalized spacial score (nSPS) is 24.7. The monoisotopic (exact) mass is 401 g/mol. The van der Waals surface area contributed by atoms with Crippen LogP contribution < -0.4 is 11.3 Å². The van der Waals surface area contributed by atoms with E-state index in [4.69, 9.17) is 10.5 Å². The zero-order valence-electron chi connectivity index (χ0n) is 15.3. The van der Waals surface area contributed by atoms with Gasteiger partial charge in [0.05, 0.1) is 12.3 Å². The van der Waals surface area contributed by atoms with Gasteiger partial charge >= 0.3 is 0 Å². The van der Waals surface area contributed by atoms with Crippen LogP contribution in [0.1, 0.15) is 11.8 Å². The number of nitrogen functional groups attached to an aromatic ring is 1. The zero-order chi connectivity index (χ0) is 20.7. The highest BCUT2D eigenvalue weighted by atomic mass is 16.6. The summed E-state index contributed by atoms with van der Waals surface area (Å²) in [6.45, 7) is 1.42. The molecule has 12 nitrogen and oxygen atoms in total. The molecule has 4 atom stereocenters. The number of rotatable bonds is 4. The van der Waals surface area contributed by atoms with E-state index in [2.05, 4.69) is 25.2 Å². The summed E-state index contributed by atoms with van der Waals surface area (Å²) < 4.78 is 6.78. The Morgan fingerprint density at radius 1 is 1.21 bits per heavy atom. The number of aliphatic hydroxyl groups excluding tert-OH is 3. The van der Waals surface area contributed by atoms with Crippen molar-refractivity contribution in [3.8, 4) is 0 Å². The average molecular weight is 401 g/mol. The van der Waals surface area contributed by atoms with Crippen molar-refractivity contribution in [3.63, 3.8) is 0 Å². The molecule has 12 heteroatoms. The first-order valence-electron chi connectivity index (χ1n) is 8.77. The molecule has 2 unspecified atom stereocenters. The van der Waals surface area contributed by atoms with Crippen molar-refractivity contribution >= 4 is 28.7 Å². The number of anilines is 1.